The molecule has 32 heavy (non-hydrogen) atoms. The first kappa shape index (κ1) is 22.3. The zero-order valence-corrected chi connectivity index (χ0v) is 18.8. The van der Waals surface area contributed by atoms with Gasteiger partial charge in [-0.2, -0.15) is 4.31 Å². The molecule has 0 aliphatic carbocycles. The summed E-state index contributed by atoms with van der Waals surface area (Å²) < 4.78 is 32.8. The van der Waals surface area contributed by atoms with Crippen molar-refractivity contribution in [3.63, 3.8) is 0 Å². The van der Waals surface area contributed by atoms with E-state index in [-0.39, 0.29) is 29.8 Å². The van der Waals surface area contributed by atoms with Crippen LogP contribution in [0.5, 0.6) is 5.75 Å². The van der Waals surface area contributed by atoms with E-state index >= 15 is 0 Å². The highest BCUT2D eigenvalue weighted by molar-refractivity contribution is 7.89. The number of carbonyl (C=O) groups excluding carboxylic acids is 2. The summed E-state index contributed by atoms with van der Waals surface area (Å²) >= 11 is 0. The van der Waals surface area contributed by atoms with Crippen LogP contribution in [0.2, 0.25) is 0 Å². The Balaban J connectivity index is 1.35. The quantitative estimate of drug-likeness (QED) is 0.663. The van der Waals surface area contributed by atoms with Gasteiger partial charge in [-0.15, -0.1) is 0 Å². The number of hydrogen-bond donors (Lipinski definition) is 0. The number of amides is 2. The lowest BCUT2D eigenvalue weighted by molar-refractivity contribution is -0.139. The van der Waals surface area contributed by atoms with Crippen molar-refractivity contribution in [2.75, 3.05) is 37.6 Å². The Morgan fingerprint density at radius 1 is 0.969 bits per heavy atom. The topological polar surface area (TPSA) is 87.2 Å². The van der Waals surface area contributed by atoms with Crippen LogP contribution in [0, 0.1) is 0 Å². The molecule has 0 N–H and O–H groups in total. The van der Waals surface area contributed by atoms with Gasteiger partial charge in [0.25, 0.3) is 5.91 Å². The zero-order valence-electron chi connectivity index (χ0n) is 18.0. The van der Waals surface area contributed by atoms with E-state index in [9.17, 15) is 18.0 Å². The maximum absolute atomic E-state index is 12.9. The highest BCUT2D eigenvalue weighted by atomic mass is 32.2. The molecule has 0 radical (unpaired) electrons. The molecule has 1 unspecified atom stereocenters. The Kier molecular flexibility index (Phi) is 6.48. The molecular weight excluding hydrogens is 430 g/mol. The highest BCUT2D eigenvalue weighted by Gasteiger charge is 2.32. The number of hydrogen-bond acceptors (Lipinski definition) is 5. The number of ether oxygens (including phenoxy) is 1. The Morgan fingerprint density at radius 2 is 1.69 bits per heavy atom. The number of benzene rings is 2. The van der Waals surface area contributed by atoms with Crippen molar-refractivity contribution in [1.29, 1.82) is 0 Å². The molecule has 0 saturated carbocycles. The average Bonchev–Trinajstić information content (AvgIpc) is 3.25. The van der Waals surface area contributed by atoms with Gasteiger partial charge < -0.3 is 14.5 Å². The van der Waals surface area contributed by atoms with Crippen molar-refractivity contribution in [3.8, 4) is 5.75 Å². The molecule has 2 aromatic rings. The molecule has 2 amide bonds. The molecule has 170 valence electrons. The van der Waals surface area contributed by atoms with E-state index < -0.39 is 16.1 Å². The molecule has 2 aliphatic rings. The van der Waals surface area contributed by atoms with Gasteiger partial charge in [-0.25, -0.2) is 8.42 Å². The molecule has 2 aromatic carbocycles. The predicted octanol–water partition coefficient (Wildman–Crippen LogP) is 2.11. The van der Waals surface area contributed by atoms with Gasteiger partial charge in [0.15, 0.2) is 6.10 Å². The third kappa shape index (κ3) is 4.63. The molecule has 8 nitrogen and oxygen atoms in total. The first-order valence-electron chi connectivity index (χ1n) is 10.8. The Labute approximate surface area is 188 Å². The number of rotatable bonds is 6. The summed E-state index contributed by atoms with van der Waals surface area (Å²) in [6.45, 7) is 3.46. The van der Waals surface area contributed by atoms with Crippen molar-refractivity contribution in [1.82, 2.24) is 9.21 Å². The smallest absolute Gasteiger partial charge is 0.263 e. The Hall–Kier alpha value is -2.91. The summed E-state index contributed by atoms with van der Waals surface area (Å²) in [5.74, 6) is 0.423. The lowest BCUT2D eigenvalue weighted by atomic mass is 10.2. The van der Waals surface area contributed by atoms with Crippen molar-refractivity contribution >= 4 is 27.5 Å². The summed E-state index contributed by atoms with van der Waals surface area (Å²) in [5, 5.41) is 0. The van der Waals surface area contributed by atoms with Crippen molar-refractivity contribution < 1.29 is 22.7 Å². The number of sulfonamides is 1. The van der Waals surface area contributed by atoms with Gasteiger partial charge >= 0.3 is 0 Å². The van der Waals surface area contributed by atoms with E-state index in [4.69, 9.17) is 4.74 Å². The molecule has 2 saturated heterocycles. The van der Waals surface area contributed by atoms with Gasteiger partial charge in [-0.05, 0) is 37.6 Å². The lowest BCUT2D eigenvalue weighted by Gasteiger charge is -2.35. The van der Waals surface area contributed by atoms with E-state index in [1.807, 2.05) is 6.07 Å². The molecular formula is C23H27N3O5S. The number of piperazine rings is 1. The monoisotopic (exact) mass is 457 g/mol. The fourth-order valence-electron chi connectivity index (χ4n) is 4.05. The van der Waals surface area contributed by atoms with Gasteiger partial charge in [0, 0.05) is 50.9 Å². The van der Waals surface area contributed by atoms with Gasteiger partial charge in [0.05, 0.1) is 4.90 Å². The van der Waals surface area contributed by atoms with E-state index in [2.05, 4.69) is 0 Å². The molecule has 4 rings (SSSR count). The average molecular weight is 458 g/mol. The lowest BCUT2D eigenvalue weighted by Crippen LogP contribution is -2.53. The fraction of sp³-hybridized carbons (Fsp3) is 0.391. The van der Waals surface area contributed by atoms with E-state index in [0.717, 1.165) is 12.1 Å². The van der Waals surface area contributed by atoms with Crippen LogP contribution in [0.4, 0.5) is 5.69 Å². The maximum atomic E-state index is 12.9. The van der Waals surface area contributed by atoms with Crippen LogP contribution in [0.1, 0.15) is 19.8 Å². The number of nitrogens with zero attached hydrogens (tertiary/aromatic N) is 3. The summed E-state index contributed by atoms with van der Waals surface area (Å²) in [6, 6.07) is 15.5. The normalized spacial score (nSPS) is 18.6. The van der Waals surface area contributed by atoms with Crippen LogP contribution < -0.4 is 9.64 Å². The Morgan fingerprint density at radius 3 is 2.34 bits per heavy atom. The van der Waals surface area contributed by atoms with Crippen LogP contribution in [0.25, 0.3) is 0 Å². The standard InChI is InChI=1S/C23H27N3O5S/c1-18(31-20-8-5-7-19(17-20)26-12-6-11-22(26)27)23(28)24-13-15-25(16-14-24)32(29,30)21-9-3-2-4-10-21/h2-5,7-10,17-18H,6,11-16H2,1H3. The molecule has 1 atom stereocenters. The first-order valence-corrected chi connectivity index (χ1v) is 12.2. The first-order chi connectivity index (χ1) is 15.4. The second-order valence-corrected chi connectivity index (χ2v) is 9.89. The van der Waals surface area contributed by atoms with E-state index in [1.165, 1.54) is 4.31 Å². The van der Waals surface area contributed by atoms with Gasteiger partial charge in [-0.3, -0.25) is 9.59 Å². The minimum Gasteiger partial charge on any atom is -0.481 e. The van der Waals surface area contributed by atoms with Crippen molar-refractivity contribution in [2.24, 2.45) is 0 Å². The minimum absolute atomic E-state index is 0.0922. The number of carbonyl (C=O) groups is 2. The fourth-order valence-corrected chi connectivity index (χ4v) is 5.49. The molecule has 2 heterocycles. The summed E-state index contributed by atoms with van der Waals surface area (Å²) in [7, 11) is -3.57. The molecule has 9 heteroatoms. The van der Waals surface area contributed by atoms with E-state index in [1.54, 1.807) is 65.3 Å². The van der Waals surface area contributed by atoms with Crippen LogP contribution in [0.15, 0.2) is 59.5 Å². The van der Waals surface area contributed by atoms with Crippen LogP contribution in [-0.2, 0) is 19.6 Å². The second kappa shape index (κ2) is 9.30. The minimum atomic E-state index is -3.57. The van der Waals surface area contributed by atoms with Gasteiger partial charge in [0.2, 0.25) is 15.9 Å². The van der Waals surface area contributed by atoms with Crippen molar-refractivity contribution in [3.05, 3.63) is 54.6 Å². The summed E-state index contributed by atoms with van der Waals surface area (Å²) in [6.07, 6.45) is 0.660. The molecule has 0 aromatic heterocycles. The van der Waals surface area contributed by atoms with Crippen LogP contribution in [0.3, 0.4) is 0 Å². The van der Waals surface area contributed by atoms with Crippen LogP contribution in [-0.4, -0.2) is 68.3 Å². The predicted molar refractivity (Wildman–Crippen MR) is 120 cm³/mol. The summed E-state index contributed by atoms with van der Waals surface area (Å²) in [4.78, 5) is 28.5. The van der Waals surface area contributed by atoms with Gasteiger partial charge in [-0.1, -0.05) is 24.3 Å². The number of anilines is 1. The summed E-state index contributed by atoms with van der Waals surface area (Å²) in [5.41, 5.74) is 0.768. The largest absolute Gasteiger partial charge is 0.481 e. The Bertz CT molecular complexity index is 1080. The molecule has 2 aliphatic heterocycles. The third-order valence-electron chi connectivity index (χ3n) is 5.79. The zero-order chi connectivity index (χ0) is 22.7. The SMILES string of the molecule is CC(Oc1cccc(N2CCCC2=O)c1)C(=O)N1CCN(S(=O)(=O)c2ccccc2)CC1. The van der Waals surface area contributed by atoms with Crippen LogP contribution >= 0.6 is 0 Å². The van der Waals surface area contributed by atoms with Crippen molar-refractivity contribution in [2.45, 2.75) is 30.8 Å². The highest BCUT2D eigenvalue weighted by Crippen LogP contribution is 2.26. The maximum Gasteiger partial charge on any atom is 0.263 e. The van der Waals surface area contributed by atoms with Gasteiger partial charge in [0.1, 0.15) is 5.75 Å². The molecule has 0 spiro atoms. The molecule has 2 fully saturated rings. The second-order valence-electron chi connectivity index (χ2n) is 7.95. The third-order valence-corrected chi connectivity index (χ3v) is 7.71. The van der Waals surface area contributed by atoms with E-state index in [0.29, 0.717) is 31.8 Å². The molecule has 0 bridgehead atoms.